The van der Waals surface area contributed by atoms with Crippen LogP contribution in [0.2, 0.25) is 0 Å². The Bertz CT molecular complexity index is 591. The molecule has 0 amide bonds. The first kappa shape index (κ1) is 18.7. The molecule has 1 heterocycles. The van der Waals surface area contributed by atoms with Crippen LogP contribution < -0.4 is 10.0 Å². The van der Waals surface area contributed by atoms with Gasteiger partial charge in [-0.15, -0.1) is 0 Å². The smallest absolute Gasteiger partial charge is 0.380 e. The predicted molar refractivity (Wildman–Crippen MR) is 75.1 cm³/mol. The summed E-state index contributed by atoms with van der Waals surface area (Å²) in [4.78, 5) is 3.04. The van der Waals surface area contributed by atoms with E-state index in [1.165, 1.54) is 0 Å². The molecule has 126 valence electrons. The molecule has 1 aromatic rings. The Morgan fingerprint density at radius 2 is 1.95 bits per heavy atom. The van der Waals surface area contributed by atoms with Crippen molar-refractivity contribution in [2.45, 2.75) is 24.9 Å². The number of nitrogens with zero attached hydrogens (tertiary/aromatic N) is 1. The summed E-state index contributed by atoms with van der Waals surface area (Å²) in [5.74, 6) is -0.351. The van der Waals surface area contributed by atoms with E-state index in [0.29, 0.717) is 12.7 Å². The standard InChI is InChI=1S/C12H18F3N3O3S/c1-3-17-22(19,20)9-5-6-10(12(13,14)15)18-11(9)16-7-8-21-4-2/h5-6,17H,3-4,7-8H2,1-2H3,(H,16,18). The lowest BCUT2D eigenvalue weighted by atomic mass is 10.3. The van der Waals surface area contributed by atoms with Gasteiger partial charge in [-0.05, 0) is 19.1 Å². The maximum atomic E-state index is 12.7. The molecule has 6 nitrogen and oxygen atoms in total. The molecule has 0 saturated carbocycles. The van der Waals surface area contributed by atoms with E-state index in [2.05, 4.69) is 15.0 Å². The van der Waals surface area contributed by atoms with Gasteiger partial charge in [0.25, 0.3) is 0 Å². The van der Waals surface area contributed by atoms with Gasteiger partial charge >= 0.3 is 6.18 Å². The zero-order valence-electron chi connectivity index (χ0n) is 12.2. The predicted octanol–water partition coefficient (Wildman–Crippen LogP) is 1.85. The van der Waals surface area contributed by atoms with Crippen molar-refractivity contribution >= 4 is 15.8 Å². The van der Waals surface area contributed by atoms with Crippen LogP contribution in [-0.4, -0.2) is 39.7 Å². The highest BCUT2D eigenvalue weighted by Crippen LogP contribution is 2.30. The first-order chi connectivity index (χ1) is 10.2. The molecular weight excluding hydrogens is 323 g/mol. The van der Waals surface area contributed by atoms with Crippen LogP contribution in [0.5, 0.6) is 0 Å². The fourth-order valence-corrected chi connectivity index (χ4v) is 2.76. The van der Waals surface area contributed by atoms with Crippen LogP contribution in [0, 0.1) is 0 Å². The Balaban J connectivity index is 3.14. The fraction of sp³-hybridized carbons (Fsp3) is 0.583. The van der Waals surface area contributed by atoms with Gasteiger partial charge in [-0.3, -0.25) is 0 Å². The van der Waals surface area contributed by atoms with E-state index in [9.17, 15) is 21.6 Å². The average Bonchev–Trinajstić information content (AvgIpc) is 2.42. The van der Waals surface area contributed by atoms with Gasteiger partial charge in [-0.25, -0.2) is 18.1 Å². The largest absolute Gasteiger partial charge is 0.433 e. The Morgan fingerprint density at radius 3 is 2.50 bits per heavy atom. The summed E-state index contributed by atoms with van der Waals surface area (Å²) in [6.45, 7) is 4.24. The van der Waals surface area contributed by atoms with Crippen LogP contribution in [0.15, 0.2) is 17.0 Å². The zero-order valence-corrected chi connectivity index (χ0v) is 13.0. The molecule has 0 aliphatic heterocycles. The first-order valence-corrected chi connectivity index (χ1v) is 8.10. The molecule has 0 saturated heterocycles. The van der Waals surface area contributed by atoms with Gasteiger partial charge in [-0.1, -0.05) is 6.92 Å². The lowest BCUT2D eigenvalue weighted by molar-refractivity contribution is -0.141. The number of alkyl halides is 3. The number of nitrogens with one attached hydrogen (secondary N) is 2. The monoisotopic (exact) mass is 341 g/mol. The third kappa shape index (κ3) is 5.11. The lowest BCUT2D eigenvalue weighted by Gasteiger charge is -2.14. The maximum absolute atomic E-state index is 12.7. The van der Waals surface area contributed by atoms with Crippen molar-refractivity contribution in [3.8, 4) is 0 Å². The van der Waals surface area contributed by atoms with Gasteiger partial charge in [0.1, 0.15) is 16.4 Å². The minimum atomic E-state index is -4.66. The van der Waals surface area contributed by atoms with Crippen molar-refractivity contribution < 1.29 is 26.3 Å². The summed E-state index contributed by atoms with van der Waals surface area (Å²) in [6, 6.07) is 1.52. The summed E-state index contributed by atoms with van der Waals surface area (Å²) in [5.41, 5.74) is -1.16. The van der Waals surface area contributed by atoms with E-state index < -0.39 is 21.9 Å². The third-order valence-electron chi connectivity index (χ3n) is 2.52. The SMILES string of the molecule is CCNS(=O)(=O)c1ccc(C(F)(F)F)nc1NCCOCC. The van der Waals surface area contributed by atoms with Crippen LogP contribution in [0.1, 0.15) is 19.5 Å². The summed E-state index contributed by atoms with van der Waals surface area (Å²) in [5, 5.41) is 2.57. The van der Waals surface area contributed by atoms with Crippen molar-refractivity contribution in [3.05, 3.63) is 17.8 Å². The summed E-state index contributed by atoms with van der Waals surface area (Å²) in [7, 11) is -3.93. The average molecular weight is 341 g/mol. The molecule has 0 spiro atoms. The number of anilines is 1. The number of hydrogen-bond donors (Lipinski definition) is 2. The van der Waals surface area contributed by atoms with Crippen LogP contribution in [0.25, 0.3) is 0 Å². The molecule has 22 heavy (non-hydrogen) atoms. The number of halogens is 3. The molecule has 0 aromatic carbocycles. The number of pyridine rings is 1. The fourth-order valence-electron chi connectivity index (χ4n) is 1.60. The topological polar surface area (TPSA) is 80.3 Å². The molecule has 0 fully saturated rings. The van der Waals surface area contributed by atoms with Crippen LogP contribution >= 0.6 is 0 Å². The minimum absolute atomic E-state index is 0.113. The second kappa shape index (κ2) is 7.75. The highest BCUT2D eigenvalue weighted by atomic mass is 32.2. The van der Waals surface area contributed by atoms with Crippen molar-refractivity contribution in [2.75, 3.05) is 31.6 Å². The van der Waals surface area contributed by atoms with Gasteiger partial charge < -0.3 is 10.1 Å². The molecule has 1 rings (SSSR count). The van der Waals surface area contributed by atoms with E-state index in [0.717, 1.165) is 6.07 Å². The van der Waals surface area contributed by atoms with E-state index in [1.807, 2.05) is 0 Å². The number of rotatable bonds is 8. The Labute approximate surface area is 127 Å². The molecule has 2 N–H and O–H groups in total. The van der Waals surface area contributed by atoms with Gasteiger partial charge in [0.05, 0.1) is 6.61 Å². The lowest BCUT2D eigenvalue weighted by Crippen LogP contribution is -2.25. The molecule has 0 aliphatic rings. The van der Waals surface area contributed by atoms with E-state index in [4.69, 9.17) is 4.74 Å². The van der Waals surface area contributed by atoms with E-state index >= 15 is 0 Å². The van der Waals surface area contributed by atoms with E-state index in [-0.39, 0.29) is 30.4 Å². The number of sulfonamides is 1. The van der Waals surface area contributed by atoms with Crippen molar-refractivity contribution in [1.29, 1.82) is 0 Å². The molecular formula is C12H18F3N3O3S. The summed E-state index contributed by atoms with van der Waals surface area (Å²) < 4.78 is 69.4. The Hall–Kier alpha value is -1.39. The van der Waals surface area contributed by atoms with Gasteiger partial charge in [-0.2, -0.15) is 13.2 Å². The molecule has 1 aromatic heterocycles. The van der Waals surface area contributed by atoms with Crippen LogP contribution in [0.3, 0.4) is 0 Å². The van der Waals surface area contributed by atoms with Crippen molar-refractivity contribution in [2.24, 2.45) is 0 Å². The number of hydrogen-bond acceptors (Lipinski definition) is 5. The Morgan fingerprint density at radius 1 is 1.27 bits per heavy atom. The molecule has 0 aliphatic carbocycles. The zero-order chi connectivity index (χ0) is 16.8. The molecule has 0 atom stereocenters. The molecule has 10 heteroatoms. The number of aromatic nitrogens is 1. The second-order valence-corrected chi connectivity index (χ2v) is 5.90. The normalized spacial score (nSPS) is 12.4. The van der Waals surface area contributed by atoms with Gasteiger partial charge in [0.15, 0.2) is 0 Å². The molecule has 0 bridgehead atoms. The minimum Gasteiger partial charge on any atom is -0.380 e. The maximum Gasteiger partial charge on any atom is 0.433 e. The Kier molecular flexibility index (Phi) is 6.57. The van der Waals surface area contributed by atoms with E-state index in [1.54, 1.807) is 13.8 Å². The molecule has 0 unspecified atom stereocenters. The summed E-state index contributed by atoms with van der Waals surface area (Å²) >= 11 is 0. The highest BCUT2D eigenvalue weighted by molar-refractivity contribution is 7.89. The quantitative estimate of drug-likeness (QED) is 0.706. The highest BCUT2D eigenvalue weighted by Gasteiger charge is 2.34. The number of ether oxygens (including phenoxy) is 1. The van der Waals surface area contributed by atoms with Gasteiger partial charge in [0.2, 0.25) is 10.0 Å². The van der Waals surface area contributed by atoms with Crippen LogP contribution in [0.4, 0.5) is 19.0 Å². The van der Waals surface area contributed by atoms with Crippen LogP contribution in [-0.2, 0) is 20.9 Å². The third-order valence-corrected chi connectivity index (χ3v) is 4.09. The van der Waals surface area contributed by atoms with Crippen molar-refractivity contribution in [1.82, 2.24) is 9.71 Å². The first-order valence-electron chi connectivity index (χ1n) is 6.62. The second-order valence-electron chi connectivity index (χ2n) is 4.17. The van der Waals surface area contributed by atoms with Gasteiger partial charge in [0, 0.05) is 19.7 Å². The van der Waals surface area contributed by atoms with Crippen molar-refractivity contribution in [3.63, 3.8) is 0 Å². The summed E-state index contributed by atoms with van der Waals surface area (Å²) in [6.07, 6.45) is -4.66. The molecule has 0 radical (unpaired) electrons.